The standard InChI is InChI=1S/C16H14F2N6S/c1-9-7-10(2)23-15(19-9)21-22-16(23)25-8-13-20-11-5-3-4-6-12(11)24(13)14(17)18/h3-7,14H,8H2,1-2H3. The molecule has 3 aromatic heterocycles. The Hall–Kier alpha value is -2.55. The Morgan fingerprint density at radius 1 is 1.12 bits per heavy atom. The van der Waals surface area contributed by atoms with E-state index in [1.165, 1.54) is 11.8 Å². The van der Waals surface area contributed by atoms with Crippen LogP contribution in [-0.4, -0.2) is 29.1 Å². The number of imidazole rings is 1. The Balaban J connectivity index is 1.70. The van der Waals surface area contributed by atoms with Crippen LogP contribution in [0.3, 0.4) is 0 Å². The molecule has 4 aromatic rings. The summed E-state index contributed by atoms with van der Waals surface area (Å²) >= 11 is 1.31. The molecule has 0 N–H and O–H groups in total. The lowest BCUT2D eigenvalue weighted by Crippen LogP contribution is -2.04. The molecule has 0 amide bonds. The molecule has 0 fully saturated rings. The van der Waals surface area contributed by atoms with Crippen LogP contribution in [0.1, 0.15) is 23.8 Å². The predicted molar refractivity (Wildman–Crippen MR) is 90.8 cm³/mol. The third-order valence-corrected chi connectivity index (χ3v) is 4.78. The summed E-state index contributed by atoms with van der Waals surface area (Å²) in [7, 11) is 0. The maximum Gasteiger partial charge on any atom is 0.320 e. The number of aryl methyl sites for hydroxylation is 2. The molecular formula is C16H14F2N6S. The fourth-order valence-corrected chi connectivity index (χ4v) is 3.75. The van der Waals surface area contributed by atoms with Crippen LogP contribution < -0.4 is 0 Å². The first kappa shape index (κ1) is 15.9. The summed E-state index contributed by atoms with van der Waals surface area (Å²) in [5.41, 5.74) is 2.77. The van der Waals surface area contributed by atoms with Crippen molar-refractivity contribution in [2.75, 3.05) is 0 Å². The van der Waals surface area contributed by atoms with Crippen molar-refractivity contribution in [3.63, 3.8) is 0 Å². The lowest BCUT2D eigenvalue weighted by Gasteiger charge is -2.07. The smallest absolute Gasteiger partial charge is 0.269 e. The van der Waals surface area contributed by atoms with Gasteiger partial charge in [0.25, 0.3) is 5.78 Å². The number of para-hydroxylation sites is 2. The first-order valence-electron chi connectivity index (χ1n) is 7.61. The Morgan fingerprint density at radius 2 is 1.92 bits per heavy atom. The molecule has 3 heterocycles. The number of benzene rings is 1. The Labute approximate surface area is 145 Å². The van der Waals surface area contributed by atoms with E-state index in [4.69, 9.17) is 0 Å². The molecule has 0 spiro atoms. The fraction of sp³-hybridized carbons (Fsp3) is 0.250. The quantitative estimate of drug-likeness (QED) is 0.518. The summed E-state index contributed by atoms with van der Waals surface area (Å²) in [5.74, 6) is 1.06. The van der Waals surface area contributed by atoms with Gasteiger partial charge in [-0.25, -0.2) is 9.97 Å². The van der Waals surface area contributed by atoms with Gasteiger partial charge >= 0.3 is 6.55 Å². The zero-order chi connectivity index (χ0) is 17.6. The molecule has 0 bridgehead atoms. The van der Waals surface area contributed by atoms with Crippen molar-refractivity contribution >= 4 is 28.6 Å². The number of rotatable bonds is 4. The average molecular weight is 360 g/mol. The molecule has 0 saturated carbocycles. The highest BCUT2D eigenvalue weighted by Crippen LogP contribution is 2.28. The molecule has 0 aliphatic rings. The third kappa shape index (κ3) is 2.74. The molecule has 0 aliphatic heterocycles. The first-order chi connectivity index (χ1) is 12.0. The van der Waals surface area contributed by atoms with Gasteiger partial charge in [-0.1, -0.05) is 23.9 Å². The number of aromatic nitrogens is 6. The van der Waals surface area contributed by atoms with Crippen molar-refractivity contribution in [2.24, 2.45) is 0 Å². The Bertz CT molecular complexity index is 1070. The number of hydrogen-bond acceptors (Lipinski definition) is 5. The van der Waals surface area contributed by atoms with Crippen molar-refractivity contribution in [2.45, 2.75) is 31.3 Å². The van der Waals surface area contributed by atoms with Crippen LogP contribution in [0.4, 0.5) is 8.78 Å². The van der Waals surface area contributed by atoms with Crippen LogP contribution in [0.25, 0.3) is 16.8 Å². The highest BCUT2D eigenvalue weighted by molar-refractivity contribution is 7.98. The number of nitrogens with zero attached hydrogens (tertiary/aromatic N) is 6. The molecule has 0 radical (unpaired) electrons. The highest BCUT2D eigenvalue weighted by atomic mass is 32.2. The summed E-state index contributed by atoms with van der Waals surface area (Å²) < 4.78 is 29.7. The van der Waals surface area contributed by atoms with E-state index in [2.05, 4.69) is 20.2 Å². The van der Waals surface area contributed by atoms with Crippen LogP contribution in [0.5, 0.6) is 0 Å². The summed E-state index contributed by atoms with van der Waals surface area (Å²) in [4.78, 5) is 8.67. The number of halogens is 2. The normalized spacial score (nSPS) is 11.9. The number of thioether (sulfide) groups is 1. The van der Waals surface area contributed by atoms with E-state index in [1.807, 2.05) is 24.3 Å². The lowest BCUT2D eigenvalue weighted by molar-refractivity contribution is 0.0722. The molecule has 128 valence electrons. The maximum atomic E-state index is 13.5. The zero-order valence-corrected chi connectivity index (χ0v) is 14.3. The van der Waals surface area contributed by atoms with Crippen molar-refractivity contribution in [3.8, 4) is 0 Å². The molecule has 9 heteroatoms. The molecule has 0 aliphatic carbocycles. The largest absolute Gasteiger partial charge is 0.320 e. The van der Waals surface area contributed by atoms with E-state index in [0.717, 1.165) is 16.0 Å². The number of hydrogen-bond donors (Lipinski definition) is 0. The molecule has 0 unspecified atom stereocenters. The topological polar surface area (TPSA) is 60.9 Å². The highest BCUT2D eigenvalue weighted by Gasteiger charge is 2.19. The zero-order valence-electron chi connectivity index (χ0n) is 13.5. The second kappa shape index (κ2) is 6.07. The maximum absolute atomic E-state index is 13.5. The van der Waals surface area contributed by atoms with E-state index in [9.17, 15) is 8.78 Å². The molecule has 6 nitrogen and oxygen atoms in total. The molecule has 25 heavy (non-hydrogen) atoms. The van der Waals surface area contributed by atoms with E-state index in [-0.39, 0.29) is 5.75 Å². The van der Waals surface area contributed by atoms with Crippen molar-refractivity contribution in [1.29, 1.82) is 0 Å². The van der Waals surface area contributed by atoms with Crippen LogP contribution >= 0.6 is 11.8 Å². The number of fused-ring (bicyclic) bond motifs is 2. The van der Waals surface area contributed by atoms with Gasteiger partial charge in [0.05, 0.1) is 16.8 Å². The molecular weight excluding hydrogens is 346 g/mol. The lowest BCUT2D eigenvalue weighted by atomic mass is 10.3. The van der Waals surface area contributed by atoms with E-state index in [1.54, 1.807) is 24.3 Å². The molecule has 0 saturated heterocycles. The minimum absolute atomic E-state index is 0.257. The van der Waals surface area contributed by atoms with Crippen molar-refractivity contribution in [1.82, 2.24) is 29.1 Å². The van der Waals surface area contributed by atoms with Crippen LogP contribution in [0.2, 0.25) is 0 Å². The van der Waals surface area contributed by atoms with Gasteiger partial charge in [0.15, 0.2) is 5.16 Å². The van der Waals surface area contributed by atoms with Gasteiger partial charge in [0.1, 0.15) is 5.82 Å². The first-order valence-corrected chi connectivity index (χ1v) is 8.59. The Kier molecular flexibility index (Phi) is 3.87. The summed E-state index contributed by atoms with van der Waals surface area (Å²) in [6.07, 6.45) is 0. The third-order valence-electron chi connectivity index (χ3n) is 3.86. The fourth-order valence-electron chi connectivity index (χ4n) is 2.84. The number of alkyl halides is 2. The average Bonchev–Trinajstić information content (AvgIpc) is 3.13. The van der Waals surface area contributed by atoms with Gasteiger partial charge in [-0.3, -0.25) is 8.97 Å². The van der Waals surface area contributed by atoms with E-state index in [0.29, 0.717) is 27.8 Å². The van der Waals surface area contributed by atoms with Gasteiger partial charge in [0.2, 0.25) is 0 Å². The van der Waals surface area contributed by atoms with Gasteiger partial charge in [-0.15, -0.1) is 10.2 Å². The second-order valence-electron chi connectivity index (χ2n) is 5.61. The van der Waals surface area contributed by atoms with E-state index < -0.39 is 6.55 Å². The van der Waals surface area contributed by atoms with Crippen molar-refractivity contribution < 1.29 is 8.78 Å². The van der Waals surface area contributed by atoms with Gasteiger partial charge in [-0.05, 0) is 32.0 Å². The molecule has 0 atom stereocenters. The summed E-state index contributed by atoms with van der Waals surface area (Å²) in [6.45, 7) is 1.17. The minimum atomic E-state index is -2.65. The predicted octanol–water partition coefficient (Wildman–Crippen LogP) is 3.78. The Morgan fingerprint density at radius 3 is 2.72 bits per heavy atom. The SMILES string of the molecule is Cc1cc(C)n2c(SCc3nc4ccccc4n3C(F)F)nnc2n1. The summed E-state index contributed by atoms with van der Waals surface area (Å²) in [5, 5.41) is 8.79. The van der Waals surface area contributed by atoms with Crippen molar-refractivity contribution in [3.05, 3.63) is 47.5 Å². The van der Waals surface area contributed by atoms with Gasteiger partial charge < -0.3 is 0 Å². The van der Waals surface area contributed by atoms with Gasteiger partial charge in [0, 0.05) is 11.4 Å². The monoisotopic (exact) mass is 360 g/mol. The van der Waals surface area contributed by atoms with Crippen LogP contribution in [0.15, 0.2) is 35.5 Å². The second-order valence-corrected chi connectivity index (χ2v) is 6.55. The van der Waals surface area contributed by atoms with Gasteiger partial charge in [-0.2, -0.15) is 8.78 Å². The molecule has 1 aromatic carbocycles. The summed E-state index contributed by atoms with van der Waals surface area (Å²) in [6, 6.07) is 8.81. The van der Waals surface area contributed by atoms with E-state index >= 15 is 0 Å². The minimum Gasteiger partial charge on any atom is -0.269 e. The molecule has 4 rings (SSSR count). The van der Waals surface area contributed by atoms with Crippen LogP contribution in [-0.2, 0) is 5.75 Å². The van der Waals surface area contributed by atoms with Crippen LogP contribution in [0, 0.1) is 13.8 Å².